The van der Waals surface area contributed by atoms with Gasteiger partial charge in [-0.15, -0.1) is 0 Å². The van der Waals surface area contributed by atoms with Crippen LogP contribution in [0.4, 0.5) is 4.39 Å². The Bertz CT molecular complexity index is 392. The second-order valence-electron chi connectivity index (χ2n) is 4.15. The fraction of sp³-hybridized carbons (Fsp3) is 0.500. The van der Waals surface area contributed by atoms with Gasteiger partial charge < -0.3 is 15.0 Å². The van der Waals surface area contributed by atoms with E-state index in [-0.39, 0.29) is 5.82 Å². The van der Waals surface area contributed by atoms with Crippen LogP contribution < -0.4 is 5.32 Å². The van der Waals surface area contributed by atoms with Crippen LogP contribution in [-0.2, 0) is 11.3 Å². The fourth-order valence-corrected chi connectivity index (χ4v) is 1.70. The average molecular weight is 267 g/mol. The van der Waals surface area contributed by atoms with E-state index in [0.717, 1.165) is 11.5 Å². The van der Waals surface area contributed by atoms with Crippen molar-refractivity contribution in [2.45, 2.75) is 13.5 Å². The molecule has 0 radical (unpaired) electrons. The highest BCUT2D eigenvalue weighted by molar-refractivity contribution is 5.79. The molecule has 5 heteroatoms. The van der Waals surface area contributed by atoms with E-state index in [0.29, 0.717) is 26.3 Å². The van der Waals surface area contributed by atoms with Gasteiger partial charge in [-0.25, -0.2) is 4.39 Å². The molecule has 1 aromatic rings. The number of ether oxygens (including phenoxy) is 1. The summed E-state index contributed by atoms with van der Waals surface area (Å²) in [5.74, 6) is 0.578. The summed E-state index contributed by atoms with van der Waals surface area (Å²) in [6.07, 6.45) is 0. The highest BCUT2D eigenvalue weighted by Gasteiger charge is 2.06. The van der Waals surface area contributed by atoms with Crippen LogP contribution in [-0.4, -0.2) is 44.7 Å². The van der Waals surface area contributed by atoms with Crippen molar-refractivity contribution >= 4 is 5.96 Å². The van der Waals surface area contributed by atoms with Gasteiger partial charge >= 0.3 is 0 Å². The van der Waals surface area contributed by atoms with Crippen molar-refractivity contribution in [3.63, 3.8) is 0 Å². The maximum atomic E-state index is 12.8. The monoisotopic (exact) mass is 267 g/mol. The first-order valence-corrected chi connectivity index (χ1v) is 6.41. The van der Waals surface area contributed by atoms with Crippen LogP contribution in [0.1, 0.15) is 12.5 Å². The number of nitrogens with one attached hydrogen (secondary N) is 1. The van der Waals surface area contributed by atoms with Crippen molar-refractivity contribution in [1.82, 2.24) is 10.2 Å². The van der Waals surface area contributed by atoms with E-state index < -0.39 is 0 Å². The summed E-state index contributed by atoms with van der Waals surface area (Å²) < 4.78 is 18.1. The average Bonchev–Trinajstić information content (AvgIpc) is 2.41. The predicted octanol–water partition coefficient (Wildman–Crippen LogP) is 1.87. The molecule has 1 N–H and O–H groups in total. The zero-order valence-corrected chi connectivity index (χ0v) is 11.8. The van der Waals surface area contributed by atoms with Crippen molar-refractivity contribution in [1.29, 1.82) is 0 Å². The molecule has 0 fully saturated rings. The third-order valence-corrected chi connectivity index (χ3v) is 2.64. The van der Waals surface area contributed by atoms with E-state index in [4.69, 9.17) is 4.74 Å². The normalized spacial score (nSPS) is 11.5. The standard InChI is InChI=1S/C14H22FN3O/c1-4-19-10-9-17-14(16-2)18(3)11-12-5-7-13(15)8-6-12/h5-8H,4,9-11H2,1-3H3,(H,16,17). The summed E-state index contributed by atoms with van der Waals surface area (Å²) in [4.78, 5) is 6.19. The minimum Gasteiger partial charge on any atom is -0.380 e. The largest absolute Gasteiger partial charge is 0.380 e. The molecule has 0 spiro atoms. The molecule has 19 heavy (non-hydrogen) atoms. The van der Waals surface area contributed by atoms with Gasteiger partial charge in [0.05, 0.1) is 6.61 Å². The van der Waals surface area contributed by atoms with Gasteiger partial charge in [0.15, 0.2) is 5.96 Å². The molecule has 0 bridgehead atoms. The number of guanidine groups is 1. The second kappa shape index (κ2) is 8.48. The minimum absolute atomic E-state index is 0.217. The summed E-state index contributed by atoms with van der Waals surface area (Å²) in [6.45, 7) is 4.73. The molecule has 0 aliphatic carbocycles. The zero-order valence-electron chi connectivity index (χ0n) is 11.8. The van der Waals surface area contributed by atoms with Gasteiger partial charge in [0.1, 0.15) is 5.82 Å². The lowest BCUT2D eigenvalue weighted by molar-refractivity contribution is 0.152. The van der Waals surface area contributed by atoms with Crippen LogP contribution in [0.25, 0.3) is 0 Å². The van der Waals surface area contributed by atoms with E-state index in [1.165, 1.54) is 12.1 Å². The van der Waals surface area contributed by atoms with Gasteiger partial charge in [0.25, 0.3) is 0 Å². The highest BCUT2D eigenvalue weighted by Crippen LogP contribution is 2.05. The third-order valence-electron chi connectivity index (χ3n) is 2.64. The van der Waals surface area contributed by atoms with E-state index in [1.54, 1.807) is 19.2 Å². The molecular weight excluding hydrogens is 245 g/mol. The Morgan fingerprint density at radius 1 is 1.37 bits per heavy atom. The zero-order chi connectivity index (χ0) is 14.1. The smallest absolute Gasteiger partial charge is 0.193 e. The number of aliphatic imine (C=N–C) groups is 1. The van der Waals surface area contributed by atoms with Gasteiger partial charge in [-0.1, -0.05) is 12.1 Å². The molecule has 1 rings (SSSR count). The molecule has 0 saturated carbocycles. The number of rotatable bonds is 6. The summed E-state index contributed by atoms with van der Waals surface area (Å²) >= 11 is 0. The van der Waals surface area contributed by atoms with E-state index in [1.807, 2.05) is 18.9 Å². The van der Waals surface area contributed by atoms with Crippen LogP contribution >= 0.6 is 0 Å². The molecule has 106 valence electrons. The summed E-state index contributed by atoms with van der Waals surface area (Å²) in [7, 11) is 3.68. The van der Waals surface area contributed by atoms with Crippen molar-refractivity contribution in [3.8, 4) is 0 Å². The fourth-order valence-electron chi connectivity index (χ4n) is 1.70. The molecule has 0 heterocycles. The molecular formula is C14H22FN3O. The SMILES string of the molecule is CCOCCNC(=NC)N(C)Cc1ccc(F)cc1. The lowest BCUT2D eigenvalue weighted by atomic mass is 10.2. The molecule has 0 aliphatic rings. The summed E-state index contributed by atoms with van der Waals surface area (Å²) in [6, 6.07) is 6.49. The maximum Gasteiger partial charge on any atom is 0.193 e. The van der Waals surface area contributed by atoms with E-state index in [9.17, 15) is 4.39 Å². The molecule has 4 nitrogen and oxygen atoms in total. The molecule has 0 aromatic heterocycles. The number of benzene rings is 1. The number of nitrogens with zero attached hydrogens (tertiary/aromatic N) is 2. The van der Waals surface area contributed by atoms with Gasteiger partial charge in [0, 0.05) is 33.8 Å². The van der Waals surface area contributed by atoms with Crippen LogP contribution in [0.15, 0.2) is 29.3 Å². The van der Waals surface area contributed by atoms with Crippen LogP contribution in [0.2, 0.25) is 0 Å². The second-order valence-corrected chi connectivity index (χ2v) is 4.15. The minimum atomic E-state index is -0.217. The number of hydrogen-bond acceptors (Lipinski definition) is 2. The lowest BCUT2D eigenvalue weighted by Crippen LogP contribution is -2.39. The first-order valence-electron chi connectivity index (χ1n) is 6.41. The third kappa shape index (κ3) is 5.70. The van der Waals surface area contributed by atoms with Crippen molar-refractivity contribution in [3.05, 3.63) is 35.6 Å². The van der Waals surface area contributed by atoms with Crippen LogP contribution in [0.5, 0.6) is 0 Å². The van der Waals surface area contributed by atoms with Crippen molar-refractivity contribution < 1.29 is 9.13 Å². The number of halogens is 1. The molecule has 0 amide bonds. The summed E-state index contributed by atoms with van der Waals surface area (Å²) in [5.41, 5.74) is 1.04. The Balaban J connectivity index is 2.45. The van der Waals surface area contributed by atoms with Gasteiger partial charge in [-0.2, -0.15) is 0 Å². The molecule has 0 atom stereocenters. The van der Waals surface area contributed by atoms with Gasteiger partial charge in [-0.3, -0.25) is 4.99 Å². The maximum absolute atomic E-state index is 12.8. The molecule has 0 saturated heterocycles. The van der Waals surface area contributed by atoms with Crippen LogP contribution in [0, 0.1) is 5.82 Å². The Morgan fingerprint density at radius 3 is 2.63 bits per heavy atom. The quantitative estimate of drug-likeness (QED) is 0.486. The first kappa shape index (κ1) is 15.4. The number of hydrogen-bond donors (Lipinski definition) is 1. The Hall–Kier alpha value is -1.62. The molecule has 0 unspecified atom stereocenters. The molecule has 0 aliphatic heterocycles. The highest BCUT2D eigenvalue weighted by atomic mass is 19.1. The Labute approximate surface area is 114 Å². The Kier molecular flexibility index (Phi) is 6.89. The van der Waals surface area contributed by atoms with Crippen molar-refractivity contribution in [2.24, 2.45) is 4.99 Å². The molecule has 1 aromatic carbocycles. The van der Waals surface area contributed by atoms with E-state index in [2.05, 4.69) is 10.3 Å². The van der Waals surface area contributed by atoms with E-state index >= 15 is 0 Å². The Morgan fingerprint density at radius 2 is 2.05 bits per heavy atom. The predicted molar refractivity (Wildman–Crippen MR) is 75.7 cm³/mol. The van der Waals surface area contributed by atoms with Gasteiger partial charge in [-0.05, 0) is 24.6 Å². The first-order chi connectivity index (χ1) is 9.17. The summed E-state index contributed by atoms with van der Waals surface area (Å²) in [5, 5.41) is 3.21. The van der Waals surface area contributed by atoms with Gasteiger partial charge in [0.2, 0.25) is 0 Å². The topological polar surface area (TPSA) is 36.9 Å². The van der Waals surface area contributed by atoms with Crippen LogP contribution in [0.3, 0.4) is 0 Å². The lowest BCUT2D eigenvalue weighted by Gasteiger charge is -2.22. The van der Waals surface area contributed by atoms with Crippen molar-refractivity contribution in [2.75, 3.05) is 33.9 Å².